The van der Waals surface area contributed by atoms with Crippen molar-refractivity contribution < 1.29 is 14.7 Å². The normalized spacial score (nSPS) is 12.6. The SMILES string of the molecule is [B][C@@H](NC(=O)CC/C=C/CS)C(=O)O. The van der Waals surface area contributed by atoms with Gasteiger partial charge in [-0.2, -0.15) is 12.6 Å². The molecule has 0 unspecified atom stereocenters. The number of carbonyl (C=O) groups excluding carboxylic acids is 1. The molecule has 0 aromatic rings. The van der Waals surface area contributed by atoms with Gasteiger partial charge in [-0.25, -0.2) is 0 Å². The van der Waals surface area contributed by atoms with Crippen molar-refractivity contribution in [2.75, 3.05) is 5.75 Å². The van der Waals surface area contributed by atoms with Gasteiger partial charge in [-0.05, 0) is 6.42 Å². The van der Waals surface area contributed by atoms with Crippen LogP contribution in [-0.4, -0.2) is 36.5 Å². The molecule has 0 bridgehead atoms. The van der Waals surface area contributed by atoms with E-state index in [4.69, 9.17) is 13.0 Å². The van der Waals surface area contributed by atoms with Crippen molar-refractivity contribution in [3.05, 3.63) is 12.2 Å². The molecular formula is C8H12BNO3S. The first-order chi connectivity index (χ1) is 6.57. The quantitative estimate of drug-likeness (QED) is 0.329. The maximum atomic E-state index is 11.0. The fourth-order valence-corrected chi connectivity index (χ4v) is 0.863. The van der Waals surface area contributed by atoms with Crippen molar-refractivity contribution in [3.63, 3.8) is 0 Å². The molecule has 4 nitrogen and oxygen atoms in total. The van der Waals surface area contributed by atoms with Crippen molar-refractivity contribution in [1.29, 1.82) is 0 Å². The van der Waals surface area contributed by atoms with Crippen LogP contribution in [0.3, 0.4) is 0 Å². The molecule has 76 valence electrons. The molecular weight excluding hydrogens is 201 g/mol. The van der Waals surface area contributed by atoms with Crippen molar-refractivity contribution >= 4 is 32.4 Å². The second-order valence-corrected chi connectivity index (χ2v) is 2.94. The monoisotopic (exact) mass is 213 g/mol. The van der Waals surface area contributed by atoms with Gasteiger partial charge in [-0.15, -0.1) is 0 Å². The van der Waals surface area contributed by atoms with Crippen LogP contribution in [0.4, 0.5) is 0 Å². The summed E-state index contributed by atoms with van der Waals surface area (Å²) < 4.78 is 0. The van der Waals surface area contributed by atoms with Gasteiger partial charge in [-0.1, -0.05) is 12.2 Å². The summed E-state index contributed by atoms with van der Waals surface area (Å²) in [4.78, 5) is 21.3. The van der Waals surface area contributed by atoms with Crippen LogP contribution in [0.2, 0.25) is 0 Å². The van der Waals surface area contributed by atoms with Crippen LogP contribution in [0.25, 0.3) is 0 Å². The van der Waals surface area contributed by atoms with E-state index in [-0.39, 0.29) is 12.3 Å². The number of carboxylic acids is 1. The Morgan fingerprint density at radius 1 is 1.50 bits per heavy atom. The highest BCUT2D eigenvalue weighted by molar-refractivity contribution is 7.80. The zero-order chi connectivity index (χ0) is 11.0. The first kappa shape index (κ1) is 13.1. The molecule has 0 aromatic carbocycles. The second-order valence-electron chi connectivity index (χ2n) is 2.58. The van der Waals surface area contributed by atoms with Gasteiger partial charge >= 0.3 is 5.97 Å². The zero-order valence-electron chi connectivity index (χ0n) is 7.64. The van der Waals surface area contributed by atoms with Gasteiger partial charge in [0, 0.05) is 12.2 Å². The van der Waals surface area contributed by atoms with Crippen LogP contribution in [0.5, 0.6) is 0 Å². The lowest BCUT2D eigenvalue weighted by atomic mass is 9.97. The Labute approximate surface area is 89.6 Å². The average Bonchev–Trinajstić information content (AvgIpc) is 2.12. The van der Waals surface area contributed by atoms with Gasteiger partial charge < -0.3 is 10.4 Å². The van der Waals surface area contributed by atoms with E-state index in [2.05, 4.69) is 17.9 Å². The molecule has 2 N–H and O–H groups in total. The lowest BCUT2D eigenvalue weighted by molar-refractivity contribution is -0.139. The lowest BCUT2D eigenvalue weighted by Crippen LogP contribution is -2.40. The molecule has 14 heavy (non-hydrogen) atoms. The summed E-state index contributed by atoms with van der Waals surface area (Å²) in [5.74, 6) is -2.32. The van der Waals surface area contributed by atoms with E-state index in [1.807, 2.05) is 6.08 Å². The standard InChI is InChI=1S/C8H12BNO3S/c9-7(8(12)13)10-6(11)4-2-1-3-5-14/h1,3,7,14H,2,4-5H2,(H,10,11)(H,12,13)/b3-1+/t7-/m0/s1. The summed E-state index contributed by atoms with van der Waals surface area (Å²) in [7, 11) is 5.09. The molecule has 0 fully saturated rings. The Morgan fingerprint density at radius 3 is 2.64 bits per heavy atom. The summed E-state index contributed by atoms with van der Waals surface area (Å²) in [6.07, 6.45) is 4.40. The Hall–Kier alpha value is -0.905. The number of carbonyl (C=O) groups is 2. The number of amides is 1. The maximum absolute atomic E-state index is 11.0. The van der Waals surface area contributed by atoms with Gasteiger partial charge in [0.15, 0.2) is 0 Å². The Kier molecular flexibility index (Phi) is 7.01. The highest BCUT2D eigenvalue weighted by Crippen LogP contribution is 1.92. The van der Waals surface area contributed by atoms with E-state index >= 15 is 0 Å². The second kappa shape index (κ2) is 7.49. The number of thiol groups is 1. The van der Waals surface area contributed by atoms with Gasteiger partial charge in [0.25, 0.3) is 0 Å². The molecule has 0 aromatic heterocycles. The highest BCUT2D eigenvalue weighted by atomic mass is 32.1. The minimum atomic E-state index is -1.32. The van der Waals surface area contributed by atoms with Crippen molar-refractivity contribution in [1.82, 2.24) is 5.32 Å². The third kappa shape index (κ3) is 6.59. The predicted octanol–water partition coefficient (Wildman–Crippen LogP) is -0.0520. The molecule has 0 saturated heterocycles. The first-order valence-electron chi connectivity index (χ1n) is 4.11. The number of nitrogens with one attached hydrogen (secondary N) is 1. The van der Waals surface area contributed by atoms with Crippen molar-refractivity contribution in [2.24, 2.45) is 0 Å². The van der Waals surface area contributed by atoms with Gasteiger partial charge in [0.05, 0.1) is 5.94 Å². The van der Waals surface area contributed by atoms with Crippen LogP contribution >= 0.6 is 12.6 Å². The number of carboxylic acid groups (broad SMARTS) is 1. The average molecular weight is 213 g/mol. The van der Waals surface area contributed by atoms with E-state index in [0.29, 0.717) is 12.2 Å². The number of hydrogen-bond donors (Lipinski definition) is 3. The predicted molar refractivity (Wildman–Crippen MR) is 57.5 cm³/mol. The number of hydrogen-bond acceptors (Lipinski definition) is 3. The maximum Gasteiger partial charge on any atom is 0.316 e. The largest absolute Gasteiger partial charge is 0.480 e. The van der Waals surface area contributed by atoms with E-state index in [1.54, 1.807) is 6.08 Å². The third-order valence-corrected chi connectivity index (χ3v) is 1.60. The molecule has 0 aliphatic heterocycles. The fourth-order valence-electron chi connectivity index (χ4n) is 0.714. The minimum absolute atomic E-state index is 0.227. The molecule has 1 atom stereocenters. The summed E-state index contributed by atoms with van der Waals surface area (Å²) in [6, 6.07) is 0. The Morgan fingerprint density at radius 2 is 2.14 bits per heavy atom. The third-order valence-electron chi connectivity index (χ3n) is 1.39. The smallest absolute Gasteiger partial charge is 0.316 e. The van der Waals surface area contributed by atoms with E-state index in [0.717, 1.165) is 0 Å². The van der Waals surface area contributed by atoms with Gasteiger partial charge in [0.1, 0.15) is 7.85 Å². The van der Waals surface area contributed by atoms with Gasteiger partial charge in [0.2, 0.25) is 5.91 Å². The summed E-state index contributed by atoms with van der Waals surface area (Å²) in [5.41, 5.74) is 0. The summed E-state index contributed by atoms with van der Waals surface area (Å²) in [5, 5.41) is 10.5. The summed E-state index contributed by atoms with van der Waals surface area (Å²) >= 11 is 3.94. The van der Waals surface area contributed by atoms with E-state index < -0.39 is 11.9 Å². The molecule has 1 amide bonds. The first-order valence-corrected chi connectivity index (χ1v) is 4.74. The van der Waals surface area contributed by atoms with E-state index in [1.165, 1.54) is 0 Å². The molecule has 0 aliphatic rings. The molecule has 0 spiro atoms. The lowest BCUT2D eigenvalue weighted by Gasteiger charge is -2.08. The van der Waals surface area contributed by atoms with Crippen molar-refractivity contribution in [2.45, 2.75) is 18.8 Å². The fraction of sp³-hybridized carbons (Fsp3) is 0.500. The zero-order valence-corrected chi connectivity index (χ0v) is 8.54. The molecule has 0 heterocycles. The summed E-state index contributed by atoms with van der Waals surface area (Å²) in [6.45, 7) is 0. The minimum Gasteiger partial charge on any atom is -0.480 e. The van der Waals surface area contributed by atoms with Crippen LogP contribution in [0.15, 0.2) is 12.2 Å². The molecule has 0 rings (SSSR count). The number of allylic oxidation sites excluding steroid dienone is 1. The van der Waals surface area contributed by atoms with Gasteiger partial charge in [-0.3, -0.25) is 9.59 Å². The molecule has 0 saturated carbocycles. The molecule has 2 radical (unpaired) electrons. The number of aliphatic carboxylic acids is 1. The van der Waals surface area contributed by atoms with E-state index in [9.17, 15) is 9.59 Å². The van der Waals surface area contributed by atoms with Crippen LogP contribution in [0, 0.1) is 0 Å². The van der Waals surface area contributed by atoms with Crippen LogP contribution in [-0.2, 0) is 9.59 Å². The number of rotatable bonds is 6. The van der Waals surface area contributed by atoms with Crippen LogP contribution in [0.1, 0.15) is 12.8 Å². The Bertz CT molecular complexity index is 233. The molecule has 6 heteroatoms. The Balaban J connectivity index is 3.65. The topological polar surface area (TPSA) is 66.4 Å². The molecule has 0 aliphatic carbocycles. The van der Waals surface area contributed by atoms with Crippen molar-refractivity contribution in [3.8, 4) is 0 Å². The highest BCUT2D eigenvalue weighted by Gasteiger charge is 2.12. The van der Waals surface area contributed by atoms with Crippen LogP contribution < -0.4 is 5.32 Å².